The van der Waals surface area contributed by atoms with Gasteiger partial charge < -0.3 is 15.2 Å². The standard InChI is InChI=1S/C27H19N3O3S2/c31-18-7-3-16(4-8-18)14-20-27(33)30-15-21(17-5-9-19(32)10-6-17)28-25(26(30)29-20)24-12-11-23(35-24)22-2-1-13-34-22/h1-13,15,28,31-32H,14H2. The molecule has 35 heavy (non-hydrogen) atoms. The highest BCUT2D eigenvalue weighted by atomic mass is 32.1. The van der Waals surface area contributed by atoms with Crippen molar-refractivity contribution in [2.45, 2.75) is 6.42 Å². The van der Waals surface area contributed by atoms with Gasteiger partial charge in [-0.3, -0.25) is 9.36 Å². The molecule has 4 heterocycles. The molecule has 0 saturated heterocycles. The molecule has 172 valence electrons. The molecular weight excluding hydrogens is 478 g/mol. The minimum atomic E-state index is -0.182. The summed E-state index contributed by atoms with van der Waals surface area (Å²) in [5.74, 6) is 0.920. The molecule has 0 radical (unpaired) electrons. The van der Waals surface area contributed by atoms with Crippen LogP contribution in [0.5, 0.6) is 11.5 Å². The van der Waals surface area contributed by atoms with Gasteiger partial charge in [0.05, 0.1) is 10.6 Å². The molecule has 0 fully saturated rings. The van der Waals surface area contributed by atoms with E-state index in [2.05, 4.69) is 22.5 Å². The normalized spacial score (nSPS) is 11.3. The number of aromatic nitrogens is 3. The molecule has 0 aliphatic carbocycles. The van der Waals surface area contributed by atoms with Crippen LogP contribution in [0.3, 0.4) is 0 Å². The van der Waals surface area contributed by atoms with E-state index in [-0.39, 0.29) is 17.1 Å². The average molecular weight is 498 g/mol. The average Bonchev–Trinajstić information content (AvgIpc) is 3.62. The minimum Gasteiger partial charge on any atom is -0.508 e. The highest BCUT2D eigenvalue weighted by Crippen LogP contribution is 2.38. The summed E-state index contributed by atoms with van der Waals surface area (Å²) in [5.41, 5.74) is 3.49. The first-order chi connectivity index (χ1) is 17.0. The molecule has 0 unspecified atom stereocenters. The summed E-state index contributed by atoms with van der Waals surface area (Å²) in [6.45, 7) is 0. The molecule has 4 aromatic rings. The molecule has 2 aliphatic heterocycles. The number of benzene rings is 2. The Bertz CT molecular complexity index is 1640. The number of imidazole rings is 1. The molecule has 2 aliphatic rings. The largest absolute Gasteiger partial charge is 0.508 e. The van der Waals surface area contributed by atoms with Crippen LogP contribution in [0.15, 0.2) is 89.2 Å². The maximum Gasteiger partial charge on any atom is 0.278 e. The maximum absolute atomic E-state index is 13.4. The van der Waals surface area contributed by atoms with E-state index in [1.54, 1.807) is 82.0 Å². The molecule has 0 amide bonds. The van der Waals surface area contributed by atoms with Crippen molar-refractivity contribution in [3.8, 4) is 48.9 Å². The van der Waals surface area contributed by atoms with Gasteiger partial charge >= 0.3 is 0 Å². The van der Waals surface area contributed by atoms with Crippen LogP contribution >= 0.6 is 22.7 Å². The number of thiophene rings is 2. The van der Waals surface area contributed by atoms with Gasteiger partial charge in [-0.25, -0.2) is 4.98 Å². The van der Waals surface area contributed by atoms with Crippen LogP contribution in [0.2, 0.25) is 0 Å². The predicted molar refractivity (Wildman–Crippen MR) is 140 cm³/mol. The number of rotatable bonds is 5. The van der Waals surface area contributed by atoms with Crippen molar-refractivity contribution in [1.29, 1.82) is 0 Å². The lowest BCUT2D eigenvalue weighted by Gasteiger charge is -2.12. The van der Waals surface area contributed by atoms with E-state index in [4.69, 9.17) is 4.98 Å². The maximum atomic E-state index is 13.4. The molecule has 2 aromatic heterocycles. The molecule has 0 bridgehead atoms. The van der Waals surface area contributed by atoms with Gasteiger partial charge in [0, 0.05) is 22.4 Å². The van der Waals surface area contributed by atoms with Gasteiger partial charge in [0.15, 0.2) is 5.82 Å². The zero-order valence-corrected chi connectivity index (χ0v) is 19.9. The number of aromatic hydroxyl groups is 2. The summed E-state index contributed by atoms with van der Waals surface area (Å²) in [7, 11) is 0. The monoisotopic (exact) mass is 497 g/mol. The Morgan fingerprint density at radius 1 is 0.857 bits per heavy atom. The number of aromatic amines is 1. The second kappa shape index (κ2) is 8.57. The van der Waals surface area contributed by atoms with E-state index >= 15 is 0 Å². The van der Waals surface area contributed by atoms with Crippen molar-refractivity contribution in [3.05, 3.63) is 106 Å². The molecule has 6 rings (SSSR count). The number of hydrogen-bond acceptors (Lipinski definition) is 6. The second-order valence-electron chi connectivity index (χ2n) is 8.13. The summed E-state index contributed by atoms with van der Waals surface area (Å²) in [6, 6.07) is 21.9. The number of nitrogens with zero attached hydrogens (tertiary/aromatic N) is 2. The fourth-order valence-electron chi connectivity index (χ4n) is 4.02. The summed E-state index contributed by atoms with van der Waals surface area (Å²) < 4.78 is 1.59. The topological polar surface area (TPSA) is 91.1 Å². The number of nitrogens with one attached hydrogen (secondary N) is 1. The van der Waals surface area contributed by atoms with Gasteiger partial charge in [-0.1, -0.05) is 18.2 Å². The van der Waals surface area contributed by atoms with Crippen LogP contribution in [-0.4, -0.2) is 24.7 Å². The Balaban J connectivity index is 1.52. The van der Waals surface area contributed by atoms with E-state index in [1.165, 1.54) is 4.88 Å². The number of fused-ring (bicyclic) bond motifs is 1. The van der Waals surface area contributed by atoms with E-state index in [0.717, 1.165) is 32.3 Å². The number of hydrogen-bond donors (Lipinski definition) is 3. The minimum absolute atomic E-state index is 0.178. The van der Waals surface area contributed by atoms with Crippen molar-refractivity contribution in [2.75, 3.05) is 0 Å². The molecular formula is C27H19N3O3S2. The Labute approximate surface area is 208 Å². The lowest BCUT2D eigenvalue weighted by Crippen LogP contribution is -2.16. The molecule has 6 nitrogen and oxygen atoms in total. The molecule has 0 saturated carbocycles. The van der Waals surface area contributed by atoms with E-state index < -0.39 is 0 Å². The van der Waals surface area contributed by atoms with Crippen molar-refractivity contribution >= 4 is 22.7 Å². The van der Waals surface area contributed by atoms with Crippen LogP contribution in [0.1, 0.15) is 11.3 Å². The SMILES string of the molecule is O=c1c(Cc2ccc(O)cc2)nc2c(-c3ccc(-c4cccs4)s3)[nH]c(-c3ccc(O)cc3)cn1-2. The van der Waals surface area contributed by atoms with Gasteiger partial charge in [-0.05, 0) is 71.1 Å². The first-order valence-corrected chi connectivity index (χ1v) is 12.6. The van der Waals surface area contributed by atoms with Gasteiger partial charge in [0.1, 0.15) is 22.9 Å². The summed E-state index contributed by atoms with van der Waals surface area (Å²) in [4.78, 5) is 25.0. The Morgan fingerprint density at radius 3 is 2.29 bits per heavy atom. The van der Waals surface area contributed by atoms with E-state index in [0.29, 0.717) is 17.9 Å². The molecule has 0 atom stereocenters. The van der Waals surface area contributed by atoms with E-state index in [9.17, 15) is 15.0 Å². The van der Waals surface area contributed by atoms with Crippen LogP contribution in [0.4, 0.5) is 0 Å². The van der Waals surface area contributed by atoms with Crippen molar-refractivity contribution in [2.24, 2.45) is 0 Å². The highest BCUT2D eigenvalue weighted by Gasteiger charge is 2.22. The zero-order chi connectivity index (χ0) is 23.9. The van der Waals surface area contributed by atoms with Crippen LogP contribution in [0, 0.1) is 0 Å². The number of phenols is 2. The molecule has 0 spiro atoms. The van der Waals surface area contributed by atoms with Crippen LogP contribution < -0.4 is 5.56 Å². The summed E-state index contributed by atoms with van der Waals surface area (Å²) in [5, 5.41) is 21.4. The van der Waals surface area contributed by atoms with Crippen LogP contribution in [-0.2, 0) is 6.42 Å². The third-order valence-electron chi connectivity index (χ3n) is 5.78. The number of H-pyrrole nitrogens is 1. The van der Waals surface area contributed by atoms with E-state index in [1.807, 2.05) is 12.1 Å². The van der Waals surface area contributed by atoms with Crippen molar-refractivity contribution < 1.29 is 10.2 Å². The van der Waals surface area contributed by atoms with Crippen LogP contribution in [0.25, 0.3) is 37.4 Å². The lowest BCUT2D eigenvalue weighted by molar-refractivity contribution is 0.474. The fourth-order valence-corrected chi connectivity index (χ4v) is 5.85. The third kappa shape index (κ3) is 4.03. The van der Waals surface area contributed by atoms with Gasteiger partial charge in [0.2, 0.25) is 0 Å². The third-order valence-corrected chi connectivity index (χ3v) is 7.95. The first kappa shape index (κ1) is 21.4. The summed E-state index contributed by atoms with van der Waals surface area (Å²) in [6.07, 6.45) is 2.12. The molecule has 8 heteroatoms. The second-order valence-corrected chi connectivity index (χ2v) is 10.2. The Kier molecular flexibility index (Phi) is 5.24. The van der Waals surface area contributed by atoms with Gasteiger partial charge in [-0.15, -0.1) is 22.7 Å². The Hall–Kier alpha value is -4.14. The van der Waals surface area contributed by atoms with Gasteiger partial charge in [0.25, 0.3) is 5.56 Å². The van der Waals surface area contributed by atoms with Crippen molar-refractivity contribution in [3.63, 3.8) is 0 Å². The smallest absolute Gasteiger partial charge is 0.278 e. The predicted octanol–water partition coefficient (Wildman–Crippen LogP) is 6.12. The lowest BCUT2D eigenvalue weighted by atomic mass is 10.1. The molecule has 2 aromatic carbocycles. The van der Waals surface area contributed by atoms with Gasteiger partial charge in [-0.2, -0.15) is 0 Å². The first-order valence-electron chi connectivity index (χ1n) is 10.9. The quantitative estimate of drug-likeness (QED) is 0.267. The zero-order valence-electron chi connectivity index (χ0n) is 18.3. The van der Waals surface area contributed by atoms with Crippen molar-refractivity contribution in [1.82, 2.24) is 14.5 Å². The fraction of sp³-hybridized carbons (Fsp3) is 0.0370. The highest BCUT2D eigenvalue weighted by molar-refractivity contribution is 7.23. The Morgan fingerprint density at radius 2 is 1.57 bits per heavy atom. The molecule has 3 N–H and O–H groups in total. The summed E-state index contributed by atoms with van der Waals surface area (Å²) >= 11 is 3.33. The number of phenolic OH excluding ortho intramolecular Hbond substituents is 2.